The zero-order chi connectivity index (χ0) is 12.7. The van der Waals surface area contributed by atoms with E-state index in [0.29, 0.717) is 11.7 Å². The summed E-state index contributed by atoms with van der Waals surface area (Å²) in [4.78, 5) is 1.32. The molecule has 0 saturated carbocycles. The van der Waals surface area contributed by atoms with E-state index >= 15 is 0 Å². The van der Waals surface area contributed by atoms with Crippen molar-refractivity contribution in [3.8, 4) is 5.75 Å². The van der Waals surface area contributed by atoms with Crippen LogP contribution in [-0.2, 0) is 0 Å². The number of phenolic OH excluding ortho intramolecular Hbond substituents is 1. The maximum Gasteiger partial charge on any atom is 0.119 e. The van der Waals surface area contributed by atoms with Crippen LogP contribution < -0.4 is 0 Å². The number of allylic oxidation sites excluding steroid dienone is 4. The minimum atomic E-state index is 0.325. The summed E-state index contributed by atoms with van der Waals surface area (Å²) in [5.74, 6) is 0.726. The van der Waals surface area contributed by atoms with Crippen LogP contribution in [0.2, 0.25) is 0 Å². The molecule has 1 aromatic carbocycles. The van der Waals surface area contributed by atoms with E-state index in [0.717, 1.165) is 12.0 Å². The topological polar surface area (TPSA) is 20.2 Å². The van der Waals surface area contributed by atoms with Crippen LogP contribution in [0.3, 0.4) is 0 Å². The Bertz CT molecular complexity index is 407. The number of para-hydroxylation sites is 1. The largest absolute Gasteiger partial charge is 0.508 e. The lowest BCUT2D eigenvalue weighted by molar-refractivity contribution is 0.465. The van der Waals surface area contributed by atoms with Crippen molar-refractivity contribution in [1.82, 2.24) is 0 Å². The lowest BCUT2D eigenvalue weighted by Crippen LogP contribution is -2.02. The van der Waals surface area contributed by atoms with Gasteiger partial charge in [-0.15, -0.1) is 11.8 Å². The minimum Gasteiger partial charge on any atom is -0.508 e. The van der Waals surface area contributed by atoms with Crippen molar-refractivity contribution >= 4 is 11.8 Å². The quantitative estimate of drug-likeness (QED) is 0.818. The highest BCUT2D eigenvalue weighted by molar-refractivity contribution is 8.02. The third kappa shape index (κ3) is 3.40. The molecule has 1 atom stereocenters. The van der Waals surface area contributed by atoms with Gasteiger partial charge in [-0.05, 0) is 23.6 Å². The van der Waals surface area contributed by atoms with Gasteiger partial charge in [0.2, 0.25) is 0 Å². The molecule has 1 nitrogen and oxygen atoms in total. The van der Waals surface area contributed by atoms with Gasteiger partial charge in [-0.3, -0.25) is 0 Å². The zero-order valence-corrected chi connectivity index (χ0v) is 11.5. The monoisotopic (exact) mass is 248 g/mol. The Balaban J connectivity index is 0.000000686. The van der Waals surface area contributed by atoms with Crippen molar-refractivity contribution in [1.29, 1.82) is 0 Å². The fourth-order valence-corrected chi connectivity index (χ4v) is 2.60. The van der Waals surface area contributed by atoms with E-state index in [1.807, 2.05) is 32.0 Å². The average Bonchev–Trinajstić information content (AvgIpc) is 2.41. The molecule has 0 bridgehead atoms. The van der Waals surface area contributed by atoms with Crippen molar-refractivity contribution in [2.75, 3.05) is 6.26 Å². The lowest BCUT2D eigenvalue weighted by atomic mass is 9.91. The summed E-state index contributed by atoms with van der Waals surface area (Å²) in [6.45, 7) is 4.00. The number of benzene rings is 1. The van der Waals surface area contributed by atoms with Gasteiger partial charge in [0.1, 0.15) is 5.75 Å². The van der Waals surface area contributed by atoms with Gasteiger partial charge in [-0.25, -0.2) is 0 Å². The molecule has 1 aromatic rings. The van der Waals surface area contributed by atoms with Gasteiger partial charge in [-0.1, -0.05) is 50.3 Å². The molecule has 17 heavy (non-hydrogen) atoms. The van der Waals surface area contributed by atoms with Crippen molar-refractivity contribution in [2.24, 2.45) is 0 Å². The normalized spacial score (nSPS) is 18.1. The molecule has 1 unspecified atom stereocenters. The molecule has 0 aliphatic heterocycles. The second-order valence-electron chi connectivity index (χ2n) is 3.55. The van der Waals surface area contributed by atoms with E-state index in [9.17, 15) is 5.11 Å². The third-order valence-electron chi connectivity index (χ3n) is 2.66. The van der Waals surface area contributed by atoms with Gasteiger partial charge in [-0.2, -0.15) is 0 Å². The highest BCUT2D eigenvalue weighted by Gasteiger charge is 2.19. The molecule has 1 N–H and O–H groups in total. The third-order valence-corrected chi connectivity index (χ3v) is 3.55. The number of hydrogen-bond donors (Lipinski definition) is 1. The zero-order valence-electron chi connectivity index (χ0n) is 10.7. The van der Waals surface area contributed by atoms with Crippen molar-refractivity contribution in [3.63, 3.8) is 0 Å². The van der Waals surface area contributed by atoms with E-state index in [1.165, 1.54) is 4.91 Å². The first-order valence-corrected chi connectivity index (χ1v) is 7.24. The maximum atomic E-state index is 9.82. The predicted molar refractivity (Wildman–Crippen MR) is 77.6 cm³/mol. The smallest absolute Gasteiger partial charge is 0.119 e. The molecule has 1 aliphatic carbocycles. The van der Waals surface area contributed by atoms with Crippen LogP contribution in [0, 0.1) is 0 Å². The van der Waals surface area contributed by atoms with Gasteiger partial charge in [0.05, 0.1) is 0 Å². The molecular weight excluding hydrogens is 228 g/mol. The Morgan fingerprint density at radius 3 is 2.59 bits per heavy atom. The first-order valence-electron chi connectivity index (χ1n) is 6.01. The van der Waals surface area contributed by atoms with Crippen LogP contribution in [0.25, 0.3) is 0 Å². The summed E-state index contributed by atoms with van der Waals surface area (Å²) in [7, 11) is 0. The highest BCUT2D eigenvalue weighted by atomic mass is 32.2. The van der Waals surface area contributed by atoms with E-state index in [4.69, 9.17) is 0 Å². The Labute approximate surface area is 108 Å². The molecule has 1 aliphatic rings. The molecular formula is C15H20OS. The van der Waals surface area contributed by atoms with E-state index in [-0.39, 0.29) is 0 Å². The van der Waals surface area contributed by atoms with Crippen LogP contribution >= 0.6 is 11.8 Å². The first-order chi connectivity index (χ1) is 8.33. The van der Waals surface area contributed by atoms with Crippen LogP contribution in [0.5, 0.6) is 5.75 Å². The number of thioether (sulfide) groups is 1. The number of phenols is 1. The second kappa shape index (κ2) is 7.23. The number of rotatable bonds is 2. The minimum absolute atomic E-state index is 0.325. The number of aromatic hydroxyl groups is 1. The summed E-state index contributed by atoms with van der Waals surface area (Å²) in [6, 6.07) is 7.60. The Kier molecular flexibility index (Phi) is 5.92. The molecule has 0 fully saturated rings. The van der Waals surface area contributed by atoms with Crippen LogP contribution in [0.1, 0.15) is 31.7 Å². The predicted octanol–water partition coefficient (Wildman–Crippen LogP) is 4.71. The van der Waals surface area contributed by atoms with Gasteiger partial charge in [0.25, 0.3) is 0 Å². The van der Waals surface area contributed by atoms with Crippen LogP contribution in [0.4, 0.5) is 0 Å². The van der Waals surface area contributed by atoms with Crippen LogP contribution in [0.15, 0.2) is 47.4 Å². The molecule has 2 rings (SSSR count). The average molecular weight is 248 g/mol. The van der Waals surface area contributed by atoms with Gasteiger partial charge in [0.15, 0.2) is 0 Å². The molecule has 0 radical (unpaired) electrons. The molecule has 92 valence electrons. The van der Waals surface area contributed by atoms with Crippen molar-refractivity contribution in [3.05, 3.63) is 53.0 Å². The fourth-order valence-electron chi connectivity index (χ4n) is 1.88. The van der Waals surface area contributed by atoms with Crippen molar-refractivity contribution < 1.29 is 5.11 Å². The first kappa shape index (κ1) is 13.9. The van der Waals surface area contributed by atoms with Crippen molar-refractivity contribution in [2.45, 2.75) is 26.2 Å². The standard InChI is InChI=1S/C13H14OS.C2H6/c1-15-13-9-5-3-7-11(13)10-6-2-4-8-12(10)14;1-2/h2-6,8-9,11,14H,7H2,1H3;1-2H3. The van der Waals surface area contributed by atoms with E-state index < -0.39 is 0 Å². The molecule has 0 aromatic heterocycles. The SMILES string of the molecule is CC.CSC1=CC=CCC1c1ccccc1O. The fraction of sp³-hybridized carbons (Fsp3) is 0.333. The Morgan fingerprint density at radius 2 is 1.94 bits per heavy atom. The lowest BCUT2D eigenvalue weighted by Gasteiger charge is -2.21. The van der Waals surface area contributed by atoms with Crippen LogP contribution in [-0.4, -0.2) is 11.4 Å². The molecule has 0 spiro atoms. The summed E-state index contributed by atoms with van der Waals surface area (Å²) >= 11 is 1.76. The Hall–Kier alpha value is -1.15. The molecule has 0 saturated heterocycles. The molecule has 0 heterocycles. The highest BCUT2D eigenvalue weighted by Crippen LogP contribution is 2.39. The summed E-state index contributed by atoms with van der Waals surface area (Å²) in [5, 5.41) is 9.82. The van der Waals surface area contributed by atoms with E-state index in [1.54, 1.807) is 17.8 Å². The Morgan fingerprint density at radius 1 is 1.24 bits per heavy atom. The van der Waals surface area contributed by atoms with Gasteiger partial charge >= 0.3 is 0 Å². The number of hydrogen-bond acceptors (Lipinski definition) is 2. The molecule has 0 amide bonds. The summed E-state index contributed by atoms with van der Waals surface area (Å²) < 4.78 is 0. The molecule has 2 heteroatoms. The summed E-state index contributed by atoms with van der Waals surface area (Å²) in [6.07, 6.45) is 9.42. The maximum absolute atomic E-state index is 9.82. The van der Waals surface area contributed by atoms with Gasteiger partial charge in [0, 0.05) is 11.5 Å². The summed E-state index contributed by atoms with van der Waals surface area (Å²) in [5.41, 5.74) is 1.03. The second-order valence-corrected chi connectivity index (χ2v) is 4.43. The van der Waals surface area contributed by atoms with Gasteiger partial charge < -0.3 is 5.11 Å². The van der Waals surface area contributed by atoms with E-state index in [2.05, 4.69) is 24.5 Å².